The number of amides is 1. The Bertz CT molecular complexity index is 1500. The molecule has 1 aromatic heterocycles. The van der Waals surface area contributed by atoms with Crippen LogP contribution in [0.25, 0.3) is 10.2 Å². The quantitative estimate of drug-likeness (QED) is 0.394. The molecular weight excluding hydrogens is 512 g/mol. The van der Waals surface area contributed by atoms with Gasteiger partial charge in [0.05, 0.1) is 33.9 Å². The summed E-state index contributed by atoms with van der Waals surface area (Å²) in [5, 5.41) is 17.6. The van der Waals surface area contributed by atoms with Crippen molar-refractivity contribution >= 4 is 37.5 Å². The van der Waals surface area contributed by atoms with Gasteiger partial charge < -0.3 is 9.30 Å². The van der Waals surface area contributed by atoms with Crippen molar-refractivity contribution in [3.8, 4) is 12.1 Å². The molecule has 2 aromatic carbocycles. The molecule has 3 rings (SSSR count). The van der Waals surface area contributed by atoms with Crippen LogP contribution < -0.4 is 4.80 Å². The molecule has 0 unspecified atom stereocenters. The number of benzene rings is 2. The minimum absolute atomic E-state index is 0.0388. The minimum atomic E-state index is -3.99. The molecule has 0 fully saturated rings. The number of aromatic nitrogens is 1. The fourth-order valence-electron chi connectivity index (χ4n) is 3.38. The van der Waals surface area contributed by atoms with Gasteiger partial charge >= 0.3 is 0 Å². The lowest BCUT2D eigenvalue weighted by atomic mass is 10.2. The second kappa shape index (κ2) is 12.0. The van der Waals surface area contributed by atoms with Gasteiger partial charge in [0, 0.05) is 51.2 Å². The van der Waals surface area contributed by atoms with E-state index in [-0.39, 0.29) is 64.6 Å². The van der Waals surface area contributed by atoms with Crippen LogP contribution in [0.1, 0.15) is 23.2 Å². The van der Waals surface area contributed by atoms with Gasteiger partial charge in [-0.2, -0.15) is 19.8 Å². The number of thiazole rings is 1. The molecule has 0 spiro atoms. The maximum absolute atomic E-state index is 14.5. The van der Waals surface area contributed by atoms with Crippen molar-refractivity contribution in [1.82, 2.24) is 8.87 Å². The second-order valence-corrected chi connectivity index (χ2v) is 10.4. The SMILES string of the molecule is COCCn1c(=NC(=O)c2ccc(S(=O)(=O)N(CCC#N)CCC#N)cc2)sc2cc(F)cc(F)c21. The van der Waals surface area contributed by atoms with E-state index < -0.39 is 27.6 Å². The summed E-state index contributed by atoms with van der Waals surface area (Å²) >= 11 is 0.937. The molecule has 0 aliphatic heterocycles. The van der Waals surface area contributed by atoms with Gasteiger partial charge in [-0.05, 0) is 30.3 Å². The third-order valence-corrected chi connectivity index (χ3v) is 8.03. The molecule has 1 heterocycles. The Morgan fingerprint density at radius 1 is 1.14 bits per heavy atom. The van der Waals surface area contributed by atoms with E-state index in [1.165, 1.54) is 35.9 Å². The van der Waals surface area contributed by atoms with Gasteiger partial charge in [-0.3, -0.25) is 4.79 Å². The van der Waals surface area contributed by atoms with Crippen LogP contribution in [0.3, 0.4) is 0 Å². The number of rotatable bonds is 10. The lowest BCUT2D eigenvalue weighted by Crippen LogP contribution is -2.32. The number of carbonyl (C=O) groups is 1. The summed E-state index contributed by atoms with van der Waals surface area (Å²) in [4.78, 5) is 16.9. The maximum atomic E-state index is 14.5. The molecule has 188 valence electrons. The Kier molecular flexibility index (Phi) is 9.01. The Hall–Kier alpha value is -3.49. The van der Waals surface area contributed by atoms with Crippen LogP contribution in [0, 0.1) is 34.3 Å². The van der Waals surface area contributed by atoms with Gasteiger partial charge in [0.1, 0.15) is 5.82 Å². The van der Waals surface area contributed by atoms with Crippen molar-refractivity contribution in [3.63, 3.8) is 0 Å². The molecule has 36 heavy (non-hydrogen) atoms. The normalized spacial score (nSPS) is 12.1. The first-order valence-electron chi connectivity index (χ1n) is 10.6. The van der Waals surface area contributed by atoms with E-state index in [4.69, 9.17) is 15.3 Å². The predicted octanol–water partition coefficient (Wildman–Crippen LogP) is 3.19. The first-order chi connectivity index (χ1) is 17.2. The van der Waals surface area contributed by atoms with E-state index in [9.17, 15) is 22.0 Å². The van der Waals surface area contributed by atoms with Crippen LogP contribution in [0.4, 0.5) is 8.78 Å². The van der Waals surface area contributed by atoms with E-state index in [1.54, 1.807) is 0 Å². The number of ether oxygens (including phenoxy) is 1. The Balaban J connectivity index is 1.96. The van der Waals surface area contributed by atoms with E-state index in [1.807, 2.05) is 12.1 Å². The monoisotopic (exact) mass is 533 g/mol. The number of hydrogen-bond acceptors (Lipinski definition) is 7. The molecule has 0 N–H and O–H groups in total. The summed E-state index contributed by atoms with van der Waals surface area (Å²) < 4.78 is 61.8. The summed E-state index contributed by atoms with van der Waals surface area (Å²) in [6, 6.07) is 10.7. The van der Waals surface area contributed by atoms with Gasteiger partial charge in [0.2, 0.25) is 10.0 Å². The average Bonchev–Trinajstić information content (AvgIpc) is 3.19. The Morgan fingerprint density at radius 3 is 2.36 bits per heavy atom. The van der Waals surface area contributed by atoms with Crippen molar-refractivity contribution in [2.75, 3.05) is 26.8 Å². The minimum Gasteiger partial charge on any atom is -0.383 e. The molecule has 0 saturated carbocycles. The zero-order chi connectivity index (χ0) is 26.3. The fourth-order valence-corrected chi connectivity index (χ4v) is 5.91. The number of sulfonamides is 1. The van der Waals surface area contributed by atoms with Crippen LogP contribution in [0.15, 0.2) is 46.3 Å². The molecule has 0 atom stereocenters. The van der Waals surface area contributed by atoms with Gasteiger partial charge in [-0.1, -0.05) is 11.3 Å². The lowest BCUT2D eigenvalue weighted by molar-refractivity contribution is 0.0997. The van der Waals surface area contributed by atoms with E-state index in [0.717, 1.165) is 27.8 Å². The van der Waals surface area contributed by atoms with Crippen molar-refractivity contribution in [1.29, 1.82) is 10.5 Å². The maximum Gasteiger partial charge on any atom is 0.279 e. The highest BCUT2D eigenvalue weighted by Crippen LogP contribution is 2.23. The lowest BCUT2D eigenvalue weighted by Gasteiger charge is -2.20. The predicted molar refractivity (Wildman–Crippen MR) is 127 cm³/mol. The van der Waals surface area contributed by atoms with Crippen molar-refractivity contribution in [2.24, 2.45) is 4.99 Å². The molecule has 0 aliphatic rings. The number of nitriles is 2. The first-order valence-corrected chi connectivity index (χ1v) is 12.9. The molecule has 0 saturated heterocycles. The topological polar surface area (TPSA) is 129 Å². The summed E-state index contributed by atoms with van der Waals surface area (Å²) in [7, 11) is -2.53. The third-order valence-electron chi connectivity index (χ3n) is 5.10. The van der Waals surface area contributed by atoms with Crippen molar-refractivity contribution in [2.45, 2.75) is 24.3 Å². The van der Waals surface area contributed by atoms with Crippen molar-refractivity contribution < 1.29 is 26.7 Å². The number of halogens is 2. The van der Waals surface area contributed by atoms with E-state index in [2.05, 4.69) is 4.99 Å². The Labute approximate surface area is 210 Å². The summed E-state index contributed by atoms with van der Waals surface area (Å²) in [5.74, 6) is -2.25. The summed E-state index contributed by atoms with van der Waals surface area (Å²) in [6.07, 6.45) is -0.0777. The van der Waals surface area contributed by atoms with Crippen LogP contribution in [0.5, 0.6) is 0 Å². The molecule has 0 bridgehead atoms. The number of hydrogen-bond donors (Lipinski definition) is 0. The zero-order valence-corrected chi connectivity index (χ0v) is 20.8. The van der Waals surface area contributed by atoms with E-state index >= 15 is 0 Å². The number of fused-ring (bicyclic) bond motifs is 1. The van der Waals surface area contributed by atoms with E-state index in [0.29, 0.717) is 0 Å². The molecule has 1 amide bonds. The first kappa shape index (κ1) is 27.1. The molecule has 3 aromatic rings. The van der Waals surface area contributed by atoms with Crippen LogP contribution >= 0.6 is 11.3 Å². The van der Waals surface area contributed by atoms with Gasteiger partial charge in [-0.15, -0.1) is 0 Å². The zero-order valence-electron chi connectivity index (χ0n) is 19.1. The van der Waals surface area contributed by atoms with Crippen molar-refractivity contribution in [3.05, 3.63) is 58.4 Å². The molecule has 13 heteroatoms. The van der Waals surface area contributed by atoms with Gasteiger partial charge in [0.15, 0.2) is 10.6 Å². The molecular formula is C23H21F2N5O4S2. The summed E-state index contributed by atoms with van der Waals surface area (Å²) in [6.45, 7) is 0.233. The summed E-state index contributed by atoms with van der Waals surface area (Å²) in [5.41, 5.74) is 0.179. The number of carbonyl (C=O) groups excluding carboxylic acids is 1. The highest BCUT2D eigenvalue weighted by atomic mass is 32.2. The molecule has 9 nitrogen and oxygen atoms in total. The third kappa shape index (κ3) is 6.01. The average molecular weight is 534 g/mol. The molecule has 0 aliphatic carbocycles. The van der Waals surface area contributed by atoms with Gasteiger partial charge in [-0.25, -0.2) is 17.2 Å². The van der Waals surface area contributed by atoms with Crippen LogP contribution in [-0.4, -0.2) is 50.0 Å². The second-order valence-electron chi connectivity index (χ2n) is 7.43. The smallest absolute Gasteiger partial charge is 0.279 e. The highest BCUT2D eigenvalue weighted by molar-refractivity contribution is 7.89. The number of methoxy groups -OCH3 is 1. The standard InChI is InChI=1S/C23H21F2N5O4S2/c1-34-13-12-30-21-19(25)14-17(24)15-20(21)35-23(30)28-22(31)16-4-6-18(7-5-16)36(32,33)29(10-2-8-26)11-3-9-27/h4-7,14-15H,2-3,10-13H2,1H3. The Morgan fingerprint density at radius 2 is 1.78 bits per heavy atom. The number of nitrogens with zero attached hydrogens (tertiary/aromatic N) is 5. The van der Waals surface area contributed by atoms with Crippen LogP contribution in [0.2, 0.25) is 0 Å². The molecule has 0 radical (unpaired) electrons. The van der Waals surface area contributed by atoms with Gasteiger partial charge in [0.25, 0.3) is 5.91 Å². The fraction of sp³-hybridized carbons (Fsp3) is 0.304. The van der Waals surface area contributed by atoms with Crippen LogP contribution in [-0.2, 0) is 21.3 Å². The highest BCUT2D eigenvalue weighted by Gasteiger charge is 2.24. The largest absolute Gasteiger partial charge is 0.383 e.